The Morgan fingerprint density at radius 1 is 0.810 bits per heavy atom. The van der Waals surface area contributed by atoms with Gasteiger partial charge in [0, 0.05) is 10.6 Å². The molecule has 21 heavy (non-hydrogen) atoms. The van der Waals surface area contributed by atoms with Crippen molar-refractivity contribution >= 4 is 17.8 Å². The molecule has 2 aromatic rings. The van der Waals surface area contributed by atoms with Crippen LogP contribution in [0.25, 0.3) is 0 Å². The molecular formula is C18H25NOP+. The van der Waals surface area contributed by atoms with Crippen LogP contribution in [0.1, 0.15) is 13.8 Å². The third kappa shape index (κ3) is 3.45. The summed E-state index contributed by atoms with van der Waals surface area (Å²) in [6.07, 6.45) is 0.675. The second kappa shape index (κ2) is 6.60. The Kier molecular flexibility index (Phi) is 5.03. The van der Waals surface area contributed by atoms with Gasteiger partial charge in [0.15, 0.2) is 7.14 Å². The van der Waals surface area contributed by atoms with Crippen LogP contribution >= 0.6 is 7.14 Å². The van der Waals surface area contributed by atoms with Crippen LogP contribution in [-0.2, 0) is 4.57 Å². The molecule has 112 valence electrons. The molecule has 0 N–H and O–H groups in total. The molecule has 0 aliphatic carbocycles. The number of hydrogen-bond donors (Lipinski definition) is 0. The maximum atomic E-state index is 13.9. The molecule has 0 aliphatic heterocycles. The minimum absolute atomic E-state index is 0.675. The largest absolute Gasteiger partial charge is 0.320 e. The van der Waals surface area contributed by atoms with Crippen LogP contribution in [0.5, 0.6) is 0 Å². The Labute approximate surface area is 128 Å². The quantitative estimate of drug-likeness (QED) is 0.590. The molecule has 0 spiro atoms. The van der Waals surface area contributed by atoms with Crippen molar-refractivity contribution in [2.24, 2.45) is 0 Å². The van der Waals surface area contributed by atoms with E-state index in [2.05, 4.69) is 20.9 Å². The van der Waals surface area contributed by atoms with E-state index < -0.39 is 7.14 Å². The fourth-order valence-electron chi connectivity index (χ4n) is 2.55. The summed E-state index contributed by atoms with van der Waals surface area (Å²) < 4.78 is 14.8. The van der Waals surface area contributed by atoms with Crippen molar-refractivity contribution in [3.63, 3.8) is 0 Å². The van der Waals surface area contributed by atoms with E-state index in [0.29, 0.717) is 6.29 Å². The van der Waals surface area contributed by atoms with E-state index in [4.69, 9.17) is 0 Å². The lowest BCUT2D eigenvalue weighted by Gasteiger charge is -2.35. The Hall–Kier alpha value is -1.37. The Bertz CT molecular complexity index is 562. The minimum Gasteiger partial charge on any atom is -0.320 e. The van der Waals surface area contributed by atoms with Crippen LogP contribution in [0.3, 0.4) is 0 Å². The highest BCUT2D eigenvalue weighted by molar-refractivity contribution is 7.78. The van der Waals surface area contributed by atoms with Crippen molar-refractivity contribution in [1.29, 1.82) is 0 Å². The zero-order valence-corrected chi connectivity index (χ0v) is 14.1. The second-order valence-electron chi connectivity index (χ2n) is 5.80. The molecule has 2 aromatic carbocycles. The third-order valence-corrected chi connectivity index (χ3v) is 7.76. The number of hydrogen-bond acceptors (Lipinski definition) is 1. The Morgan fingerprint density at radius 2 is 1.19 bits per heavy atom. The first-order valence-corrected chi connectivity index (χ1v) is 9.47. The molecule has 0 radical (unpaired) electrons. The van der Waals surface area contributed by atoms with E-state index in [0.717, 1.165) is 28.2 Å². The SMILES string of the molecule is CC[N+](C)(CC)CP(=O)(c1ccccc1)c1ccccc1. The maximum absolute atomic E-state index is 13.9. The zero-order chi connectivity index (χ0) is 15.3. The summed E-state index contributed by atoms with van der Waals surface area (Å²) in [4.78, 5) is 0. The van der Waals surface area contributed by atoms with Gasteiger partial charge in [0.05, 0.1) is 20.1 Å². The molecule has 0 amide bonds. The van der Waals surface area contributed by atoms with Gasteiger partial charge in [0.1, 0.15) is 6.29 Å². The predicted octanol–water partition coefficient (Wildman–Crippen LogP) is 3.44. The van der Waals surface area contributed by atoms with Crippen molar-refractivity contribution in [3.05, 3.63) is 60.7 Å². The van der Waals surface area contributed by atoms with Crippen LogP contribution < -0.4 is 10.6 Å². The van der Waals surface area contributed by atoms with Crippen molar-refractivity contribution in [3.8, 4) is 0 Å². The molecule has 3 heteroatoms. The van der Waals surface area contributed by atoms with E-state index in [1.807, 2.05) is 60.7 Å². The van der Waals surface area contributed by atoms with Crippen LogP contribution in [-0.4, -0.2) is 30.9 Å². The minimum atomic E-state index is -2.61. The molecule has 0 atom stereocenters. The van der Waals surface area contributed by atoms with Gasteiger partial charge in [-0.3, -0.25) is 0 Å². The molecule has 0 fully saturated rings. The molecule has 2 nitrogen and oxygen atoms in total. The third-order valence-electron chi connectivity index (χ3n) is 4.41. The summed E-state index contributed by atoms with van der Waals surface area (Å²) in [5.41, 5.74) is 0. The van der Waals surface area contributed by atoms with Gasteiger partial charge in [0.25, 0.3) is 0 Å². The predicted molar refractivity (Wildman–Crippen MR) is 91.9 cm³/mol. The highest BCUT2D eigenvalue weighted by atomic mass is 31.2. The topological polar surface area (TPSA) is 17.1 Å². The monoisotopic (exact) mass is 302 g/mol. The highest BCUT2D eigenvalue weighted by Crippen LogP contribution is 2.45. The standard InChI is InChI=1S/C18H25NOP/c1-4-19(3,5-2)16-21(20,17-12-8-6-9-13-17)18-14-10-7-11-15-18/h6-15H,4-5,16H2,1-3H3/q+1. The number of quaternary nitrogens is 1. The maximum Gasteiger partial charge on any atom is 0.195 e. The summed E-state index contributed by atoms with van der Waals surface area (Å²) in [5.74, 6) is 0. The normalized spacial score (nSPS) is 12.3. The molecule has 2 rings (SSSR count). The van der Waals surface area contributed by atoms with Crippen LogP contribution in [0.2, 0.25) is 0 Å². The van der Waals surface area contributed by atoms with E-state index >= 15 is 0 Å². The van der Waals surface area contributed by atoms with E-state index in [1.54, 1.807) is 0 Å². The molecule has 0 saturated heterocycles. The van der Waals surface area contributed by atoms with Crippen molar-refractivity contribution in [2.75, 3.05) is 26.4 Å². The van der Waals surface area contributed by atoms with Gasteiger partial charge >= 0.3 is 0 Å². The number of nitrogens with zero attached hydrogens (tertiary/aromatic N) is 1. The lowest BCUT2D eigenvalue weighted by Crippen LogP contribution is -2.46. The average molecular weight is 302 g/mol. The van der Waals surface area contributed by atoms with Gasteiger partial charge in [-0.2, -0.15) is 0 Å². The van der Waals surface area contributed by atoms with Crippen LogP contribution in [0.4, 0.5) is 0 Å². The molecule has 0 heterocycles. The lowest BCUT2D eigenvalue weighted by molar-refractivity contribution is -0.894. The highest BCUT2D eigenvalue weighted by Gasteiger charge is 2.35. The van der Waals surface area contributed by atoms with Gasteiger partial charge in [-0.25, -0.2) is 0 Å². The van der Waals surface area contributed by atoms with E-state index in [1.165, 1.54) is 0 Å². The molecule has 0 saturated carbocycles. The van der Waals surface area contributed by atoms with Crippen LogP contribution in [0.15, 0.2) is 60.7 Å². The number of benzene rings is 2. The summed E-state index contributed by atoms with van der Waals surface area (Å²) in [6.45, 7) is 6.31. The van der Waals surface area contributed by atoms with Crippen LogP contribution in [0, 0.1) is 0 Å². The molecule has 0 aliphatic rings. The Morgan fingerprint density at radius 3 is 1.52 bits per heavy atom. The fourth-order valence-corrected chi connectivity index (χ4v) is 5.85. The van der Waals surface area contributed by atoms with Gasteiger partial charge in [-0.1, -0.05) is 60.7 Å². The fraction of sp³-hybridized carbons (Fsp3) is 0.333. The summed E-state index contributed by atoms with van der Waals surface area (Å²) >= 11 is 0. The smallest absolute Gasteiger partial charge is 0.195 e. The first-order valence-electron chi connectivity index (χ1n) is 7.58. The number of rotatable bonds is 6. The summed E-state index contributed by atoms with van der Waals surface area (Å²) in [7, 11) is -0.413. The molecule has 0 unspecified atom stereocenters. The summed E-state index contributed by atoms with van der Waals surface area (Å²) in [5, 5.41) is 1.92. The first kappa shape index (κ1) is 16.0. The van der Waals surface area contributed by atoms with Gasteiger partial charge in [0.2, 0.25) is 0 Å². The molecule has 0 bridgehead atoms. The van der Waals surface area contributed by atoms with Gasteiger partial charge in [-0.05, 0) is 13.8 Å². The Balaban J connectivity index is 2.53. The van der Waals surface area contributed by atoms with Crippen molar-refractivity contribution in [1.82, 2.24) is 0 Å². The van der Waals surface area contributed by atoms with Gasteiger partial charge in [-0.15, -0.1) is 0 Å². The van der Waals surface area contributed by atoms with E-state index in [-0.39, 0.29) is 0 Å². The lowest BCUT2D eigenvalue weighted by atomic mass is 10.4. The first-order chi connectivity index (χ1) is 10.0. The van der Waals surface area contributed by atoms with E-state index in [9.17, 15) is 4.57 Å². The summed E-state index contributed by atoms with van der Waals surface area (Å²) in [6, 6.07) is 19.9. The second-order valence-corrected chi connectivity index (χ2v) is 8.60. The molecular weight excluding hydrogens is 277 g/mol. The average Bonchev–Trinajstić information content (AvgIpc) is 2.56. The van der Waals surface area contributed by atoms with Crippen molar-refractivity contribution < 1.29 is 9.05 Å². The van der Waals surface area contributed by atoms with Crippen molar-refractivity contribution in [2.45, 2.75) is 13.8 Å². The molecule has 0 aromatic heterocycles. The zero-order valence-electron chi connectivity index (χ0n) is 13.2. The van der Waals surface area contributed by atoms with Gasteiger partial charge < -0.3 is 9.05 Å².